The first-order chi connectivity index (χ1) is 9.52. The van der Waals surface area contributed by atoms with Crippen LogP contribution in [0.3, 0.4) is 0 Å². The Morgan fingerprint density at radius 2 is 2.05 bits per heavy atom. The third-order valence-corrected chi connectivity index (χ3v) is 2.50. The molecule has 0 saturated heterocycles. The topological polar surface area (TPSA) is 106 Å². The molecule has 110 valence electrons. The molecule has 0 atom stereocenters. The smallest absolute Gasteiger partial charge is 0.251 e. The Morgan fingerprint density at radius 1 is 1.30 bits per heavy atom. The number of hydrogen-bond donors (Lipinski definition) is 3. The van der Waals surface area contributed by atoms with Gasteiger partial charge in [0.1, 0.15) is 5.82 Å². The van der Waals surface area contributed by atoms with E-state index >= 15 is 0 Å². The van der Waals surface area contributed by atoms with Gasteiger partial charge in [-0.2, -0.15) is 0 Å². The molecule has 0 saturated carbocycles. The number of carbonyl (C=O) groups excluding carboxylic acids is 2. The van der Waals surface area contributed by atoms with E-state index < -0.39 is 0 Å². The first kappa shape index (κ1) is 15.9. The fourth-order valence-electron chi connectivity index (χ4n) is 1.60. The highest BCUT2D eigenvalue weighted by atomic mass is 16.5. The Hall–Kier alpha value is -2.15. The number of hydrogen-bond acceptors (Lipinski definition) is 5. The van der Waals surface area contributed by atoms with E-state index in [4.69, 9.17) is 10.5 Å². The summed E-state index contributed by atoms with van der Waals surface area (Å²) in [5.41, 5.74) is 6.69. The summed E-state index contributed by atoms with van der Waals surface area (Å²) in [7, 11) is 1.56. The van der Waals surface area contributed by atoms with E-state index in [0.29, 0.717) is 30.2 Å². The van der Waals surface area contributed by atoms with E-state index in [-0.39, 0.29) is 24.8 Å². The molecule has 1 heterocycles. The molecule has 0 spiro atoms. The van der Waals surface area contributed by atoms with E-state index in [2.05, 4.69) is 15.6 Å². The maximum atomic E-state index is 11.8. The van der Waals surface area contributed by atoms with E-state index in [1.807, 2.05) is 0 Å². The Kier molecular flexibility index (Phi) is 6.45. The van der Waals surface area contributed by atoms with Gasteiger partial charge in [0, 0.05) is 37.9 Å². The summed E-state index contributed by atoms with van der Waals surface area (Å²) in [6.07, 6.45) is 0.217. The Bertz CT molecular complexity index is 456. The van der Waals surface area contributed by atoms with Crippen LogP contribution in [0.1, 0.15) is 22.5 Å². The summed E-state index contributed by atoms with van der Waals surface area (Å²) in [4.78, 5) is 27.2. The molecular formula is C13H20N4O3. The van der Waals surface area contributed by atoms with Gasteiger partial charge in [-0.05, 0) is 19.1 Å². The van der Waals surface area contributed by atoms with Crippen molar-refractivity contribution in [3.8, 4) is 0 Å². The van der Waals surface area contributed by atoms with Gasteiger partial charge in [-0.15, -0.1) is 0 Å². The zero-order chi connectivity index (χ0) is 15.0. The van der Waals surface area contributed by atoms with Crippen LogP contribution in [0, 0.1) is 6.92 Å². The molecule has 4 N–H and O–H groups in total. The molecule has 0 radical (unpaired) electrons. The van der Waals surface area contributed by atoms with Crippen LogP contribution in [0.25, 0.3) is 0 Å². The van der Waals surface area contributed by atoms with E-state index in [1.165, 1.54) is 6.07 Å². The van der Waals surface area contributed by atoms with Crippen LogP contribution >= 0.6 is 0 Å². The minimum atomic E-state index is -0.271. The molecule has 7 heteroatoms. The first-order valence-electron chi connectivity index (χ1n) is 6.31. The van der Waals surface area contributed by atoms with E-state index in [9.17, 15) is 9.59 Å². The zero-order valence-electron chi connectivity index (χ0n) is 11.7. The van der Waals surface area contributed by atoms with Gasteiger partial charge in [0.25, 0.3) is 5.91 Å². The Balaban J connectivity index is 2.34. The molecule has 0 aromatic carbocycles. The van der Waals surface area contributed by atoms with Crippen LogP contribution in [-0.2, 0) is 9.53 Å². The van der Waals surface area contributed by atoms with Gasteiger partial charge >= 0.3 is 0 Å². The average Bonchev–Trinajstić information content (AvgIpc) is 2.37. The molecule has 7 nitrogen and oxygen atoms in total. The summed E-state index contributed by atoms with van der Waals surface area (Å²) in [6.45, 7) is 2.95. The quantitative estimate of drug-likeness (QED) is 0.602. The van der Waals surface area contributed by atoms with Gasteiger partial charge in [-0.1, -0.05) is 0 Å². The minimum Gasteiger partial charge on any atom is -0.384 e. The maximum absolute atomic E-state index is 11.8. The number of aryl methyl sites for hydroxylation is 1. The van der Waals surface area contributed by atoms with Crippen molar-refractivity contribution in [2.24, 2.45) is 0 Å². The van der Waals surface area contributed by atoms with Crippen LogP contribution in [0.15, 0.2) is 12.1 Å². The molecule has 1 aromatic rings. The lowest BCUT2D eigenvalue weighted by Crippen LogP contribution is -2.32. The van der Waals surface area contributed by atoms with Gasteiger partial charge < -0.3 is 21.1 Å². The predicted molar refractivity (Wildman–Crippen MR) is 75.2 cm³/mol. The molecule has 0 unspecified atom stereocenters. The number of methoxy groups -OCH3 is 1. The summed E-state index contributed by atoms with van der Waals surface area (Å²) >= 11 is 0. The van der Waals surface area contributed by atoms with E-state index in [1.54, 1.807) is 20.1 Å². The van der Waals surface area contributed by atoms with Crippen molar-refractivity contribution in [1.29, 1.82) is 0 Å². The van der Waals surface area contributed by atoms with Crippen molar-refractivity contribution in [2.75, 3.05) is 32.5 Å². The highest BCUT2D eigenvalue weighted by Gasteiger charge is 2.08. The van der Waals surface area contributed by atoms with E-state index in [0.717, 1.165) is 0 Å². The average molecular weight is 280 g/mol. The predicted octanol–water partition coefficient (Wildman–Crippen LogP) is -0.145. The number of nitrogens with two attached hydrogens (primary N) is 1. The molecule has 0 aliphatic carbocycles. The number of anilines is 1. The molecule has 1 aromatic heterocycles. The molecule has 1 rings (SSSR count). The number of aromatic nitrogens is 1. The number of ether oxygens (including phenoxy) is 1. The second-order valence-electron chi connectivity index (χ2n) is 4.27. The van der Waals surface area contributed by atoms with Crippen molar-refractivity contribution >= 4 is 17.6 Å². The SMILES string of the molecule is COCCNC(=O)CCNC(=O)c1cc(C)nc(N)c1. The number of nitrogens with one attached hydrogen (secondary N) is 2. The molecule has 2 amide bonds. The molecule has 20 heavy (non-hydrogen) atoms. The normalized spacial score (nSPS) is 10.1. The van der Waals surface area contributed by atoms with Crippen molar-refractivity contribution in [2.45, 2.75) is 13.3 Å². The van der Waals surface area contributed by atoms with Crippen LogP contribution in [-0.4, -0.2) is 43.6 Å². The third kappa shape index (κ3) is 5.66. The second-order valence-corrected chi connectivity index (χ2v) is 4.27. The van der Waals surface area contributed by atoms with Gasteiger partial charge in [-0.3, -0.25) is 9.59 Å². The molecular weight excluding hydrogens is 260 g/mol. The Morgan fingerprint density at radius 3 is 2.70 bits per heavy atom. The van der Waals surface area contributed by atoms with Crippen LogP contribution in [0.2, 0.25) is 0 Å². The number of rotatable bonds is 7. The number of amides is 2. The van der Waals surface area contributed by atoms with Crippen LogP contribution in [0.5, 0.6) is 0 Å². The number of carbonyl (C=O) groups is 2. The minimum absolute atomic E-state index is 0.132. The van der Waals surface area contributed by atoms with Gasteiger partial charge in [-0.25, -0.2) is 4.98 Å². The number of pyridine rings is 1. The van der Waals surface area contributed by atoms with Crippen molar-refractivity contribution in [3.63, 3.8) is 0 Å². The third-order valence-electron chi connectivity index (χ3n) is 2.50. The largest absolute Gasteiger partial charge is 0.384 e. The summed E-state index contributed by atoms with van der Waals surface area (Å²) in [5, 5.41) is 5.33. The molecule has 0 aliphatic rings. The van der Waals surface area contributed by atoms with Crippen molar-refractivity contribution in [3.05, 3.63) is 23.4 Å². The molecule has 0 aliphatic heterocycles. The standard InChI is InChI=1S/C13H20N4O3/c1-9-7-10(8-11(14)17-9)13(19)16-4-3-12(18)15-5-6-20-2/h7-8H,3-6H2,1-2H3,(H2,14,17)(H,15,18)(H,16,19). The van der Waals surface area contributed by atoms with Crippen molar-refractivity contribution in [1.82, 2.24) is 15.6 Å². The lowest BCUT2D eigenvalue weighted by atomic mass is 10.2. The Labute approximate surface area is 117 Å². The first-order valence-corrected chi connectivity index (χ1v) is 6.31. The summed E-state index contributed by atoms with van der Waals surface area (Å²) < 4.78 is 4.81. The highest BCUT2D eigenvalue weighted by Crippen LogP contribution is 2.06. The lowest BCUT2D eigenvalue weighted by Gasteiger charge is -2.07. The van der Waals surface area contributed by atoms with Crippen LogP contribution < -0.4 is 16.4 Å². The molecule has 0 bridgehead atoms. The monoisotopic (exact) mass is 280 g/mol. The van der Waals surface area contributed by atoms with Crippen molar-refractivity contribution < 1.29 is 14.3 Å². The fourth-order valence-corrected chi connectivity index (χ4v) is 1.60. The van der Waals surface area contributed by atoms with Gasteiger partial charge in [0.15, 0.2) is 0 Å². The second kappa shape index (κ2) is 8.11. The lowest BCUT2D eigenvalue weighted by molar-refractivity contribution is -0.121. The fraction of sp³-hybridized carbons (Fsp3) is 0.462. The summed E-state index contributed by atoms with van der Waals surface area (Å²) in [5.74, 6) is -0.105. The maximum Gasteiger partial charge on any atom is 0.251 e. The zero-order valence-corrected chi connectivity index (χ0v) is 11.7. The highest BCUT2D eigenvalue weighted by molar-refractivity contribution is 5.95. The van der Waals surface area contributed by atoms with Gasteiger partial charge in [0.2, 0.25) is 5.91 Å². The summed E-state index contributed by atoms with van der Waals surface area (Å²) in [6, 6.07) is 3.14. The van der Waals surface area contributed by atoms with Gasteiger partial charge in [0.05, 0.1) is 6.61 Å². The molecule has 0 fully saturated rings. The van der Waals surface area contributed by atoms with Crippen LogP contribution in [0.4, 0.5) is 5.82 Å². The number of nitrogens with zero attached hydrogens (tertiary/aromatic N) is 1. The number of nitrogen functional groups attached to an aromatic ring is 1.